The van der Waals surface area contributed by atoms with Crippen molar-refractivity contribution in [3.8, 4) is 0 Å². The SMILES string of the molecule is CC(C)(CCN)c1ccc2nc(C3CC3)[nH]c2c1. The van der Waals surface area contributed by atoms with Crippen LogP contribution in [0.25, 0.3) is 11.0 Å². The van der Waals surface area contributed by atoms with Gasteiger partial charge in [0.1, 0.15) is 5.82 Å². The van der Waals surface area contributed by atoms with E-state index < -0.39 is 0 Å². The molecule has 2 aromatic rings. The number of nitrogens with zero attached hydrogens (tertiary/aromatic N) is 1. The molecule has 0 radical (unpaired) electrons. The zero-order valence-electron chi connectivity index (χ0n) is 11.2. The minimum absolute atomic E-state index is 0.133. The van der Waals surface area contributed by atoms with Gasteiger partial charge in [-0.05, 0) is 48.9 Å². The molecule has 0 bridgehead atoms. The molecule has 0 saturated heterocycles. The zero-order valence-corrected chi connectivity index (χ0v) is 11.2. The number of aromatic nitrogens is 2. The third kappa shape index (κ3) is 2.03. The highest BCUT2D eigenvalue weighted by atomic mass is 14.9. The summed E-state index contributed by atoms with van der Waals surface area (Å²) < 4.78 is 0. The fourth-order valence-electron chi connectivity index (χ4n) is 2.51. The number of benzene rings is 1. The second-order valence-corrected chi connectivity index (χ2v) is 6.05. The van der Waals surface area contributed by atoms with Gasteiger partial charge in [-0.3, -0.25) is 0 Å². The quantitative estimate of drug-likeness (QED) is 0.867. The molecule has 96 valence electrons. The van der Waals surface area contributed by atoms with Crippen LogP contribution in [0.4, 0.5) is 0 Å². The predicted molar refractivity (Wildman–Crippen MR) is 74.8 cm³/mol. The monoisotopic (exact) mass is 243 g/mol. The van der Waals surface area contributed by atoms with Crippen molar-refractivity contribution < 1.29 is 0 Å². The van der Waals surface area contributed by atoms with E-state index in [9.17, 15) is 0 Å². The van der Waals surface area contributed by atoms with Crippen LogP contribution in [0, 0.1) is 0 Å². The first-order valence-corrected chi connectivity index (χ1v) is 6.80. The van der Waals surface area contributed by atoms with E-state index >= 15 is 0 Å². The van der Waals surface area contributed by atoms with Gasteiger partial charge in [-0.15, -0.1) is 0 Å². The first-order valence-electron chi connectivity index (χ1n) is 6.80. The Balaban J connectivity index is 1.99. The summed E-state index contributed by atoms with van der Waals surface area (Å²) in [5.41, 5.74) is 9.42. The van der Waals surface area contributed by atoms with Gasteiger partial charge in [0.05, 0.1) is 11.0 Å². The van der Waals surface area contributed by atoms with Crippen molar-refractivity contribution >= 4 is 11.0 Å². The van der Waals surface area contributed by atoms with Crippen molar-refractivity contribution in [2.45, 2.75) is 44.4 Å². The van der Waals surface area contributed by atoms with Gasteiger partial charge in [-0.1, -0.05) is 19.9 Å². The van der Waals surface area contributed by atoms with Gasteiger partial charge < -0.3 is 10.7 Å². The Morgan fingerprint density at radius 1 is 1.39 bits per heavy atom. The summed E-state index contributed by atoms with van der Waals surface area (Å²) in [6, 6.07) is 6.56. The lowest BCUT2D eigenvalue weighted by molar-refractivity contribution is 0.488. The van der Waals surface area contributed by atoms with Gasteiger partial charge in [0, 0.05) is 5.92 Å². The number of imidazole rings is 1. The Bertz CT molecular complexity index is 564. The lowest BCUT2D eigenvalue weighted by Gasteiger charge is -2.24. The third-order valence-electron chi connectivity index (χ3n) is 4.02. The number of hydrogen-bond donors (Lipinski definition) is 2. The number of nitrogens with two attached hydrogens (primary N) is 1. The van der Waals surface area contributed by atoms with E-state index in [0.717, 1.165) is 18.5 Å². The normalized spacial score (nSPS) is 16.4. The van der Waals surface area contributed by atoms with Gasteiger partial charge in [0.25, 0.3) is 0 Å². The summed E-state index contributed by atoms with van der Waals surface area (Å²) in [4.78, 5) is 8.13. The molecule has 0 aliphatic heterocycles. The van der Waals surface area contributed by atoms with Crippen LogP contribution in [-0.4, -0.2) is 16.5 Å². The van der Waals surface area contributed by atoms with Crippen molar-refractivity contribution in [2.24, 2.45) is 5.73 Å². The lowest BCUT2D eigenvalue weighted by Crippen LogP contribution is -2.21. The molecule has 1 heterocycles. The molecule has 0 spiro atoms. The molecule has 1 aliphatic carbocycles. The van der Waals surface area contributed by atoms with Crippen LogP contribution in [0.1, 0.15) is 50.4 Å². The first kappa shape index (κ1) is 11.7. The zero-order chi connectivity index (χ0) is 12.8. The van der Waals surface area contributed by atoms with Crippen LogP contribution < -0.4 is 5.73 Å². The molecule has 1 aliphatic rings. The molecule has 0 atom stereocenters. The Hall–Kier alpha value is -1.35. The van der Waals surface area contributed by atoms with Crippen molar-refractivity contribution in [1.29, 1.82) is 0 Å². The summed E-state index contributed by atoms with van der Waals surface area (Å²) in [6.07, 6.45) is 3.57. The molecule has 1 saturated carbocycles. The van der Waals surface area contributed by atoms with Crippen molar-refractivity contribution in [3.63, 3.8) is 0 Å². The van der Waals surface area contributed by atoms with Crippen LogP contribution >= 0.6 is 0 Å². The van der Waals surface area contributed by atoms with E-state index in [1.165, 1.54) is 29.7 Å². The Morgan fingerprint density at radius 2 is 2.17 bits per heavy atom. The van der Waals surface area contributed by atoms with Crippen LogP contribution in [-0.2, 0) is 5.41 Å². The standard InChI is InChI=1S/C15H21N3/c1-15(2,7-8-16)11-5-6-12-13(9-11)18-14(17-12)10-3-4-10/h5-6,9-10H,3-4,7-8,16H2,1-2H3,(H,17,18). The minimum atomic E-state index is 0.133. The summed E-state index contributed by atoms with van der Waals surface area (Å²) >= 11 is 0. The van der Waals surface area contributed by atoms with Crippen LogP contribution in [0.3, 0.4) is 0 Å². The van der Waals surface area contributed by atoms with Gasteiger partial charge in [0.2, 0.25) is 0 Å². The summed E-state index contributed by atoms with van der Waals surface area (Å²) in [6.45, 7) is 5.22. The first-order chi connectivity index (χ1) is 8.60. The largest absolute Gasteiger partial charge is 0.342 e. The van der Waals surface area contributed by atoms with E-state index in [1.807, 2.05) is 0 Å². The molecule has 0 unspecified atom stereocenters. The van der Waals surface area contributed by atoms with Gasteiger partial charge in [-0.2, -0.15) is 0 Å². The topological polar surface area (TPSA) is 54.7 Å². The van der Waals surface area contributed by atoms with E-state index in [4.69, 9.17) is 5.73 Å². The molecule has 1 fully saturated rings. The minimum Gasteiger partial charge on any atom is -0.342 e. The van der Waals surface area contributed by atoms with Crippen molar-refractivity contribution in [3.05, 3.63) is 29.6 Å². The maximum atomic E-state index is 5.70. The maximum absolute atomic E-state index is 5.70. The summed E-state index contributed by atoms with van der Waals surface area (Å²) in [5.74, 6) is 1.84. The highest BCUT2D eigenvalue weighted by Crippen LogP contribution is 2.39. The molecule has 1 aromatic heterocycles. The molecule has 1 aromatic carbocycles. The molecular formula is C15H21N3. The number of H-pyrrole nitrogens is 1. The van der Waals surface area contributed by atoms with Crippen molar-refractivity contribution in [2.75, 3.05) is 6.54 Å². The Morgan fingerprint density at radius 3 is 2.83 bits per heavy atom. The highest BCUT2D eigenvalue weighted by Gasteiger charge is 2.27. The summed E-state index contributed by atoms with van der Waals surface area (Å²) in [5, 5.41) is 0. The number of hydrogen-bond acceptors (Lipinski definition) is 2. The molecule has 0 amide bonds. The fraction of sp³-hybridized carbons (Fsp3) is 0.533. The second-order valence-electron chi connectivity index (χ2n) is 6.05. The lowest BCUT2D eigenvalue weighted by atomic mass is 9.81. The van der Waals surface area contributed by atoms with Crippen LogP contribution in [0.2, 0.25) is 0 Å². The second kappa shape index (κ2) is 4.09. The summed E-state index contributed by atoms with van der Waals surface area (Å²) in [7, 11) is 0. The van der Waals surface area contributed by atoms with E-state index in [0.29, 0.717) is 5.92 Å². The number of rotatable bonds is 4. The maximum Gasteiger partial charge on any atom is 0.110 e. The number of fused-ring (bicyclic) bond motifs is 1. The van der Waals surface area contributed by atoms with E-state index in [2.05, 4.69) is 42.0 Å². The number of aromatic amines is 1. The fourth-order valence-corrected chi connectivity index (χ4v) is 2.51. The average Bonchev–Trinajstić information content (AvgIpc) is 3.08. The molecule has 3 N–H and O–H groups in total. The third-order valence-corrected chi connectivity index (χ3v) is 4.02. The van der Waals surface area contributed by atoms with Gasteiger partial charge in [-0.25, -0.2) is 4.98 Å². The molecule has 3 heteroatoms. The Labute approximate surface area is 108 Å². The molecule has 18 heavy (non-hydrogen) atoms. The van der Waals surface area contributed by atoms with Gasteiger partial charge in [0.15, 0.2) is 0 Å². The van der Waals surface area contributed by atoms with Crippen molar-refractivity contribution in [1.82, 2.24) is 9.97 Å². The highest BCUT2D eigenvalue weighted by molar-refractivity contribution is 5.76. The van der Waals surface area contributed by atoms with E-state index in [-0.39, 0.29) is 5.41 Å². The Kier molecular flexibility index (Phi) is 2.67. The number of nitrogens with one attached hydrogen (secondary N) is 1. The molecule has 3 rings (SSSR count). The van der Waals surface area contributed by atoms with Crippen LogP contribution in [0.15, 0.2) is 18.2 Å². The molecule has 3 nitrogen and oxygen atoms in total. The average molecular weight is 243 g/mol. The molecular weight excluding hydrogens is 222 g/mol. The van der Waals surface area contributed by atoms with Gasteiger partial charge >= 0.3 is 0 Å². The smallest absolute Gasteiger partial charge is 0.110 e. The van der Waals surface area contributed by atoms with E-state index in [1.54, 1.807) is 0 Å². The van der Waals surface area contributed by atoms with Crippen LogP contribution in [0.5, 0.6) is 0 Å². The predicted octanol–water partition coefficient (Wildman–Crippen LogP) is 3.07.